The SMILES string of the molecule is c1ccc(Cc2nnc3ccccn23)nc1. The van der Waals surface area contributed by atoms with Crippen molar-refractivity contribution in [1.82, 2.24) is 19.6 Å². The lowest BCUT2D eigenvalue weighted by atomic mass is 10.2. The maximum atomic E-state index is 4.28. The largest absolute Gasteiger partial charge is 0.286 e. The van der Waals surface area contributed by atoms with Crippen LogP contribution in [-0.2, 0) is 6.42 Å². The number of fused-ring (bicyclic) bond motifs is 1. The Bertz CT molecular complexity index is 600. The molecule has 0 radical (unpaired) electrons. The highest BCUT2D eigenvalue weighted by Crippen LogP contribution is 2.07. The summed E-state index contributed by atoms with van der Waals surface area (Å²) in [6.45, 7) is 0. The lowest BCUT2D eigenvalue weighted by Crippen LogP contribution is -1.97. The number of hydrogen-bond donors (Lipinski definition) is 0. The first-order chi connectivity index (χ1) is 7.93. The maximum absolute atomic E-state index is 4.28. The zero-order chi connectivity index (χ0) is 10.8. The molecule has 3 heterocycles. The van der Waals surface area contributed by atoms with Crippen LogP contribution in [0.5, 0.6) is 0 Å². The summed E-state index contributed by atoms with van der Waals surface area (Å²) in [6.07, 6.45) is 4.46. The van der Waals surface area contributed by atoms with E-state index in [4.69, 9.17) is 0 Å². The van der Waals surface area contributed by atoms with Gasteiger partial charge in [0.05, 0.1) is 6.42 Å². The molecular formula is C12H10N4. The summed E-state index contributed by atoms with van der Waals surface area (Å²) in [5, 5.41) is 8.26. The first-order valence-corrected chi connectivity index (χ1v) is 5.12. The van der Waals surface area contributed by atoms with Gasteiger partial charge in [0.25, 0.3) is 0 Å². The van der Waals surface area contributed by atoms with E-state index in [-0.39, 0.29) is 0 Å². The van der Waals surface area contributed by atoms with Crippen molar-refractivity contribution in [1.29, 1.82) is 0 Å². The molecule has 0 aromatic carbocycles. The van der Waals surface area contributed by atoms with Gasteiger partial charge in [0.15, 0.2) is 5.65 Å². The van der Waals surface area contributed by atoms with Crippen molar-refractivity contribution in [3.05, 3.63) is 60.3 Å². The van der Waals surface area contributed by atoms with E-state index >= 15 is 0 Å². The molecule has 0 N–H and O–H groups in total. The normalized spacial score (nSPS) is 10.8. The quantitative estimate of drug-likeness (QED) is 0.646. The van der Waals surface area contributed by atoms with E-state index in [1.807, 2.05) is 47.0 Å². The Morgan fingerprint density at radius 1 is 1.00 bits per heavy atom. The van der Waals surface area contributed by atoms with Gasteiger partial charge in [-0.25, -0.2) is 0 Å². The molecule has 0 saturated carbocycles. The molecule has 78 valence electrons. The van der Waals surface area contributed by atoms with E-state index in [1.54, 1.807) is 6.20 Å². The van der Waals surface area contributed by atoms with Gasteiger partial charge in [-0.15, -0.1) is 10.2 Å². The molecule has 0 saturated heterocycles. The minimum atomic E-state index is 0.700. The Morgan fingerprint density at radius 2 is 1.94 bits per heavy atom. The first-order valence-electron chi connectivity index (χ1n) is 5.12. The van der Waals surface area contributed by atoms with Crippen LogP contribution in [0.4, 0.5) is 0 Å². The van der Waals surface area contributed by atoms with Crippen molar-refractivity contribution in [3.63, 3.8) is 0 Å². The average Bonchev–Trinajstić information content (AvgIpc) is 2.74. The molecule has 0 spiro atoms. The Morgan fingerprint density at radius 3 is 2.81 bits per heavy atom. The van der Waals surface area contributed by atoms with Gasteiger partial charge in [-0.1, -0.05) is 12.1 Å². The fraction of sp³-hybridized carbons (Fsp3) is 0.0833. The average molecular weight is 210 g/mol. The first kappa shape index (κ1) is 9.03. The number of rotatable bonds is 2. The molecule has 0 aliphatic heterocycles. The number of nitrogens with zero attached hydrogens (tertiary/aromatic N) is 4. The third kappa shape index (κ3) is 1.54. The van der Waals surface area contributed by atoms with Gasteiger partial charge in [0.1, 0.15) is 5.82 Å². The summed E-state index contributed by atoms with van der Waals surface area (Å²) in [6, 6.07) is 11.7. The second kappa shape index (κ2) is 3.73. The molecule has 4 nitrogen and oxygen atoms in total. The Kier molecular flexibility index (Phi) is 2.11. The van der Waals surface area contributed by atoms with Crippen LogP contribution in [-0.4, -0.2) is 19.6 Å². The Balaban J connectivity index is 2.01. The Labute approximate surface area is 92.6 Å². The van der Waals surface area contributed by atoms with E-state index < -0.39 is 0 Å². The van der Waals surface area contributed by atoms with Gasteiger partial charge >= 0.3 is 0 Å². The molecule has 3 aromatic heterocycles. The third-order valence-electron chi connectivity index (χ3n) is 2.45. The minimum Gasteiger partial charge on any atom is -0.286 e. The fourth-order valence-electron chi connectivity index (χ4n) is 1.68. The second-order valence-electron chi connectivity index (χ2n) is 3.54. The van der Waals surface area contributed by atoms with Gasteiger partial charge in [-0.05, 0) is 24.3 Å². The van der Waals surface area contributed by atoms with Crippen molar-refractivity contribution in [3.8, 4) is 0 Å². The van der Waals surface area contributed by atoms with E-state index in [9.17, 15) is 0 Å². The lowest BCUT2D eigenvalue weighted by Gasteiger charge is -1.98. The van der Waals surface area contributed by atoms with Crippen molar-refractivity contribution < 1.29 is 0 Å². The zero-order valence-electron chi connectivity index (χ0n) is 8.61. The molecular weight excluding hydrogens is 200 g/mol. The van der Waals surface area contributed by atoms with Gasteiger partial charge < -0.3 is 0 Å². The van der Waals surface area contributed by atoms with Crippen LogP contribution in [0.25, 0.3) is 5.65 Å². The minimum absolute atomic E-state index is 0.700. The Hall–Kier alpha value is -2.23. The van der Waals surface area contributed by atoms with Crippen LogP contribution < -0.4 is 0 Å². The standard InChI is InChI=1S/C12H10N4/c1-3-7-13-10(5-1)9-12-15-14-11-6-2-4-8-16(11)12/h1-8H,9H2. The van der Waals surface area contributed by atoms with Crippen molar-refractivity contribution >= 4 is 5.65 Å². The van der Waals surface area contributed by atoms with Crippen molar-refractivity contribution in [2.75, 3.05) is 0 Å². The summed E-state index contributed by atoms with van der Waals surface area (Å²) in [7, 11) is 0. The van der Waals surface area contributed by atoms with Crippen LogP contribution in [0.2, 0.25) is 0 Å². The number of pyridine rings is 2. The maximum Gasteiger partial charge on any atom is 0.160 e. The lowest BCUT2D eigenvalue weighted by molar-refractivity contribution is 0.908. The summed E-state index contributed by atoms with van der Waals surface area (Å²) in [5.41, 5.74) is 1.87. The molecule has 0 aliphatic rings. The topological polar surface area (TPSA) is 43.1 Å². The van der Waals surface area contributed by atoms with Crippen LogP contribution in [0.15, 0.2) is 48.8 Å². The second-order valence-corrected chi connectivity index (χ2v) is 3.54. The highest BCUT2D eigenvalue weighted by Gasteiger charge is 2.05. The van der Waals surface area contributed by atoms with Gasteiger partial charge in [0.2, 0.25) is 0 Å². The van der Waals surface area contributed by atoms with E-state index in [2.05, 4.69) is 15.2 Å². The van der Waals surface area contributed by atoms with Crippen molar-refractivity contribution in [2.45, 2.75) is 6.42 Å². The molecule has 4 heteroatoms. The molecule has 0 aliphatic carbocycles. The molecule has 3 aromatic rings. The molecule has 0 amide bonds. The smallest absolute Gasteiger partial charge is 0.160 e. The molecule has 0 bridgehead atoms. The van der Waals surface area contributed by atoms with Crippen molar-refractivity contribution in [2.24, 2.45) is 0 Å². The molecule has 0 fully saturated rings. The third-order valence-corrected chi connectivity index (χ3v) is 2.45. The summed E-state index contributed by atoms with van der Waals surface area (Å²) in [5.74, 6) is 0.911. The molecule has 16 heavy (non-hydrogen) atoms. The van der Waals surface area contributed by atoms with Crippen LogP contribution in [0, 0.1) is 0 Å². The predicted molar refractivity (Wildman–Crippen MR) is 60.0 cm³/mol. The van der Waals surface area contributed by atoms with Crippen LogP contribution >= 0.6 is 0 Å². The fourth-order valence-corrected chi connectivity index (χ4v) is 1.68. The van der Waals surface area contributed by atoms with E-state index in [0.29, 0.717) is 6.42 Å². The van der Waals surface area contributed by atoms with E-state index in [1.165, 1.54) is 0 Å². The zero-order valence-corrected chi connectivity index (χ0v) is 8.61. The number of hydrogen-bond acceptors (Lipinski definition) is 3. The van der Waals surface area contributed by atoms with Gasteiger partial charge in [-0.3, -0.25) is 9.38 Å². The van der Waals surface area contributed by atoms with Gasteiger partial charge in [-0.2, -0.15) is 0 Å². The number of aromatic nitrogens is 4. The molecule has 0 unspecified atom stereocenters. The molecule has 0 atom stereocenters. The van der Waals surface area contributed by atoms with Gasteiger partial charge in [0, 0.05) is 18.1 Å². The summed E-state index contributed by atoms with van der Waals surface area (Å²) >= 11 is 0. The van der Waals surface area contributed by atoms with Crippen LogP contribution in [0.1, 0.15) is 11.5 Å². The highest BCUT2D eigenvalue weighted by atomic mass is 15.2. The molecule has 3 rings (SSSR count). The summed E-state index contributed by atoms with van der Waals surface area (Å²) in [4.78, 5) is 4.28. The summed E-state index contributed by atoms with van der Waals surface area (Å²) < 4.78 is 1.98. The monoisotopic (exact) mass is 210 g/mol. The predicted octanol–water partition coefficient (Wildman–Crippen LogP) is 1.72. The highest BCUT2D eigenvalue weighted by molar-refractivity contribution is 5.37. The van der Waals surface area contributed by atoms with Crippen LogP contribution in [0.3, 0.4) is 0 Å². The van der Waals surface area contributed by atoms with E-state index in [0.717, 1.165) is 17.2 Å².